The van der Waals surface area contributed by atoms with Crippen LogP contribution in [0.15, 0.2) is 24.3 Å². The first kappa shape index (κ1) is 28.9. The maximum atomic E-state index is 14.7. The highest BCUT2D eigenvalue weighted by Gasteiger charge is 2.66. The number of aliphatic carboxylic acids is 1. The molecule has 0 bridgehead atoms. The van der Waals surface area contributed by atoms with Crippen LogP contribution in [0.3, 0.4) is 0 Å². The molecule has 1 unspecified atom stereocenters. The highest BCUT2D eigenvalue weighted by atomic mass is 19.4. The topological polar surface area (TPSA) is 92.5 Å². The Morgan fingerprint density at radius 3 is 2.71 bits per heavy atom. The molecule has 1 aliphatic carbocycles. The smallest absolute Gasteiger partial charge is 0.400 e. The van der Waals surface area contributed by atoms with Gasteiger partial charge in [0.15, 0.2) is 0 Å². The zero-order chi connectivity index (χ0) is 29.6. The van der Waals surface area contributed by atoms with E-state index in [1.54, 1.807) is 4.90 Å². The number of aryl methyl sites for hydroxylation is 3. The zero-order valence-corrected chi connectivity index (χ0v) is 23.5. The van der Waals surface area contributed by atoms with E-state index < -0.39 is 29.4 Å². The van der Waals surface area contributed by atoms with Gasteiger partial charge < -0.3 is 15.2 Å². The maximum absolute atomic E-state index is 14.7. The van der Waals surface area contributed by atoms with E-state index in [2.05, 4.69) is 22.5 Å². The number of carboxylic acid groups (broad SMARTS) is 1. The van der Waals surface area contributed by atoms with E-state index in [9.17, 15) is 27.5 Å². The van der Waals surface area contributed by atoms with E-state index in [0.717, 1.165) is 68.7 Å². The summed E-state index contributed by atoms with van der Waals surface area (Å²) in [5.41, 5.74) is 0.148. The molecule has 0 amide bonds. The van der Waals surface area contributed by atoms with Crippen molar-refractivity contribution < 1.29 is 32.2 Å². The Morgan fingerprint density at radius 1 is 1.21 bits per heavy atom. The van der Waals surface area contributed by atoms with Gasteiger partial charge in [-0.3, -0.25) is 14.4 Å². The molecular formula is C30H35F4N5O3. The Hall–Kier alpha value is -3.25. The number of hydrogen-bond donors (Lipinski definition) is 2. The van der Waals surface area contributed by atoms with Gasteiger partial charge in [0.05, 0.1) is 17.3 Å². The van der Waals surface area contributed by atoms with Crippen molar-refractivity contribution in [2.24, 2.45) is 7.05 Å². The number of aromatic nitrogens is 3. The monoisotopic (exact) mass is 589 g/mol. The molecular weight excluding hydrogens is 554 g/mol. The number of fused-ring (bicyclic) bond motifs is 2. The Labute approximate surface area is 241 Å². The lowest BCUT2D eigenvalue weighted by atomic mass is 9.91. The van der Waals surface area contributed by atoms with Gasteiger partial charge in [-0.15, -0.1) is 0 Å². The first-order valence-electron chi connectivity index (χ1n) is 14.6. The number of halogens is 4. The lowest BCUT2D eigenvalue weighted by Crippen LogP contribution is -2.55. The molecule has 1 atom stereocenters. The maximum Gasteiger partial charge on any atom is 0.400 e. The molecule has 12 heteroatoms. The van der Waals surface area contributed by atoms with Gasteiger partial charge in [-0.05, 0) is 74.3 Å². The minimum absolute atomic E-state index is 0.000521. The van der Waals surface area contributed by atoms with Crippen LogP contribution in [0.1, 0.15) is 67.1 Å². The second kappa shape index (κ2) is 11.1. The Bertz CT molecular complexity index is 1480. The molecule has 1 saturated carbocycles. The van der Waals surface area contributed by atoms with Crippen LogP contribution in [-0.4, -0.2) is 69.3 Å². The van der Waals surface area contributed by atoms with Crippen molar-refractivity contribution in [1.82, 2.24) is 19.7 Å². The fraction of sp³-hybridized carbons (Fsp3) is 0.567. The van der Waals surface area contributed by atoms with Crippen molar-refractivity contribution >= 4 is 22.7 Å². The summed E-state index contributed by atoms with van der Waals surface area (Å²) >= 11 is 0. The molecule has 8 nitrogen and oxygen atoms in total. The predicted molar refractivity (Wildman–Crippen MR) is 148 cm³/mol. The fourth-order valence-electron chi connectivity index (χ4n) is 6.33. The SMILES string of the molecule is Cn1nc(C2(C(F)(F)F)CC2)c2c(C(C(=O)O)N3CC(OCCCCCc4ccc5c(n4)NCCC5)C3)cc(F)cc21. The van der Waals surface area contributed by atoms with Gasteiger partial charge in [0.1, 0.15) is 23.1 Å². The number of benzene rings is 1. The number of alkyl halides is 3. The van der Waals surface area contributed by atoms with E-state index in [4.69, 9.17) is 9.72 Å². The van der Waals surface area contributed by atoms with Crippen molar-refractivity contribution in [3.63, 3.8) is 0 Å². The Kier molecular flexibility index (Phi) is 7.63. The van der Waals surface area contributed by atoms with Gasteiger partial charge in [-0.25, -0.2) is 9.37 Å². The number of likely N-dealkylation sites (tertiary alicyclic amines) is 1. The molecule has 4 heterocycles. The molecule has 0 spiro atoms. The van der Waals surface area contributed by atoms with Crippen molar-refractivity contribution in [2.75, 3.05) is 31.6 Å². The molecule has 2 N–H and O–H groups in total. The number of unbranched alkanes of at least 4 members (excludes halogenated alkanes) is 2. The second-order valence-electron chi connectivity index (χ2n) is 11.8. The van der Waals surface area contributed by atoms with Crippen molar-refractivity contribution in [3.05, 3.63) is 52.6 Å². The second-order valence-corrected chi connectivity index (χ2v) is 11.8. The van der Waals surface area contributed by atoms with Crippen molar-refractivity contribution in [3.8, 4) is 0 Å². The molecule has 1 saturated heterocycles. The van der Waals surface area contributed by atoms with Gasteiger partial charge in [0, 0.05) is 44.4 Å². The number of anilines is 1. The minimum atomic E-state index is -4.54. The molecule has 2 aromatic heterocycles. The molecule has 226 valence electrons. The zero-order valence-electron chi connectivity index (χ0n) is 23.5. The van der Waals surface area contributed by atoms with Gasteiger partial charge in [-0.1, -0.05) is 12.5 Å². The molecule has 1 aromatic carbocycles. The summed E-state index contributed by atoms with van der Waals surface area (Å²) in [5.74, 6) is -0.967. The van der Waals surface area contributed by atoms with E-state index in [1.165, 1.54) is 17.3 Å². The van der Waals surface area contributed by atoms with Gasteiger partial charge >= 0.3 is 12.1 Å². The average Bonchev–Trinajstić information content (AvgIpc) is 3.68. The summed E-state index contributed by atoms with van der Waals surface area (Å²) in [6.45, 7) is 2.07. The average molecular weight is 590 g/mol. The van der Waals surface area contributed by atoms with Crippen LogP contribution in [0.5, 0.6) is 0 Å². The van der Waals surface area contributed by atoms with Crippen LogP contribution in [0.4, 0.5) is 23.4 Å². The van der Waals surface area contributed by atoms with Crippen LogP contribution < -0.4 is 5.32 Å². The van der Waals surface area contributed by atoms with Gasteiger partial charge in [-0.2, -0.15) is 18.3 Å². The summed E-state index contributed by atoms with van der Waals surface area (Å²) in [6.07, 6.45) is 0.898. The van der Waals surface area contributed by atoms with Crippen LogP contribution in [-0.2, 0) is 34.8 Å². The molecule has 3 aromatic rings. The number of pyridine rings is 1. The minimum Gasteiger partial charge on any atom is -0.480 e. The van der Waals surface area contributed by atoms with E-state index >= 15 is 0 Å². The van der Waals surface area contributed by atoms with Gasteiger partial charge in [0.25, 0.3) is 0 Å². The summed E-state index contributed by atoms with van der Waals surface area (Å²) in [7, 11) is 1.45. The lowest BCUT2D eigenvalue weighted by molar-refractivity contribution is -0.161. The van der Waals surface area contributed by atoms with Crippen LogP contribution in [0.2, 0.25) is 0 Å². The number of carboxylic acids is 1. The number of nitrogens with one attached hydrogen (secondary N) is 1. The van der Waals surface area contributed by atoms with E-state index in [0.29, 0.717) is 19.7 Å². The summed E-state index contributed by atoms with van der Waals surface area (Å²) < 4.78 is 64.0. The quantitative estimate of drug-likeness (QED) is 0.232. The van der Waals surface area contributed by atoms with Crippen LogP contribution in [0.25, 0.3) is 10.9 Å². The van der Waals surface area contributed by atoms with Crippen molar-refractivity contribution in [2.45, 2.75) is 75.1 Å². The third-order valence-corrected chi connectivity index (χ3v) is 8.85. The van der Waals surface area contributed by atoms with Crippen LogP contribution >= 0.6 is 0 Å². The van der Waals surface area contributed by atoms with E-state index in [-0.39, 0.29) is 41.1 Å². The fourth-order valence-corrected chi connectivity index (χ4v) is 6.33. The third-order valence-electron chi connectivity index (χ3n) is 8.85. The lowest BCUT2D eigenvalue weighted by Gasteiger charge is -2.42. The standard InChI is InChI=1S/C30H35F4N5O3/c1-38-23-15-19(31)14-22(24(23)26(37-38)29(10-11-29)30(32,33)34)25(28(40)41)39-16-21(17-39)42-13-4-2-3-7-20-9-8-18-6-5-12-35-27(18)36-20/h8-9,14-15,21,25H,2-7,10-13,16-17H2,1H3,(H,35,36)(H,40,41). The number of carbonyl (C=O) groups is 1. The third kappa shape index (κ3) is 5.34. The van der Waals surface area contributed by atoms with Gasteiger partial charge in [0.2, 0.25) is 0 Å². The molecule has 42 heavy (non-hydrogen) atoms. The first-order chi connectivity index (χ1) is 20.1. The Morgan fingerprint density at radius 2 is 2.00 bits per heavy atom. The molecule has 2 fully saturated rings. The Balaban J connectivity index is 1.06. The predicted octanol–water partition coefficient (Wildman–Crippen LogP) is 5.30. The molecule has 0 radical (unpaired) electrons. The molecule has 3 aliphatic rings. The summed E-state index contributed by atoms with van der Waals surface area (Å²) in [6, 6.07) is 5.10. The normalized spacial score (nSPS) is 19.3. The number of nitrogens with zero attached hydrogens (tertiary/aromatic N) is 4. The largest absolute Gasteiger partial charge is 0.480 e. The highest BCUT2D eigenvalue weighted by molar-refractivity contribution is 5.92. The first-order valence-corrected chi connectivity index (χ1v) is 14.6. The molecule has 6 rings (SSSR count). The summed E-state index contributed by atoms with van der Waals surface area (Å²) in [5, 5.41) is 17.7. The van der Waals surface area contributed by atoms with Crippen molar-refractivity contribution in [1.29, 1.82) is 0 Å². The number of rotatable bonds is 11. The number of ether oxygens (including phenoxy) is 1. The number of hydrogen-bond acceptors (Lipinski definition) is 6. The summed E-state index contributed by atoms with van der Waals surface area (Å²) in [4.78, 5) is 18.8. The van der Waals surface area contributed by atoms with E-state index in [1.807, 2.05) is 0 Å². The molecule has 2 aliphatic heterocycles. The highest BCUT2D eigenvalue weighted by Crippen LogP contribution is 2.60. The van der Waals surface area contributed by atoms with Crippen LogP contribution in [0, 0.1) is 5.82 Å².